The van der Waals surface area contributed by atoms with Crippen molar-refractivity contribution in [2.24, 2.45) is 23.7 Å². The maximum atomic E-state index is 14.0. The van der Waals surface area contributed by atoms with Crippen LogP contribution < -0.4 is 42.8 Å². The highest BCUT2D eigenvalue weighted by atomic mass is 32.1. The molecule has 680 valence electrons. The number of Topliss-reactive ketones (excluding diaryl/α,β-unsaturated/α-hetero) is 2. The van der Waals surface area contributed by atoms with Gasteiger partial charge >= 0.3 is 47.8 Å². The van der Waals surface area contributed by atoms with Crippen molar-refractivity contribution >= 4 is 104 Å². The van der Waals surface area contributed by atoms with Crippen LogP contribution in [-0.2, 0) is 66.8 Å². The molecule has 0 atom stereocenters. The van der Waals surface area contributed by atoms with Crippen molar-refractivity contribution in [3.05, 3.63) is 210 Å². The van der Waals surface area contributed by atoms with Crippen molar-refractivity contribution in [3.8, 4) is 46.0 Å². The van der Waals surface area contributed by atoms with Crippen LogP contribution in [0.3, 0.4) is 0 Å². The van der Waals surface area contributed by atoms with Gasteiger partial charge in [-0.05, 0) is 258 Å². The van der Waals surface area contributed by atoms with E-state index in [9.17, 15) is 67.6 Å². The first-order valence-corrected chi connectivity index (χ1v) is 42.5. The third-order valence-corrected chi connectivity index (χ3v) is 21.0. The molecule has 2 heterocycles. The number of thiazole rings is 1. The molecule has 32 heteroatoms. The summed E-state index contributed by atoms with van der Waals surface area (Å²) in [5.41, 5.74) is 0.593. The van der Waals surface area contributed by atoms with E-state index >= 15 is 0 Å². The van der Waals surface area contributed by atoms with E-state index in [2.05, 4.69) is 31.3 Å². The number of aromatic nitrogens is 1. The number of hydrogen-bond donors (Lipinski definition) is 0. The molecule has 31 nitrogen and oxygen atoms in total. The van der Waals surface area contributed by atoms with Gasteiger partial charge in [0.1, 0.15) is 57.6 Å². The number of benzene rings is 6. The second-order valence-corrected chi connectivity index (χ2v) is 29.8. The van der Waals surface area contributed by atoms with E-state index in [1.54, 1.807) is 77.0 Å². The predicted octanol–water partition coefficient (Wildman–Crippen LogP) is 17.1. The average molecular weight is 1770 g/mol. The Balaban J connectivity index is 0.000000264. The molecule has 3 aliphatic rings. The van der Waals surface area contributed by atoms with Gasteiger partial charge in [-0.3, -0.25) is 38.9 Å². The quantitative estimate of drug-likeness (QED) is 0.00500. The fourth-order valence-electron chi connectivity index (χ4n) is 12.7. The highest BCUT2D eigenvalue weighted by molar-refractivity contribution is 7.22. The van der Waals surface area contributed by atoms with E-state index in [4.69, 9.17) is 66.3 Å². The van der Waals surface area contributed by atoms with Gasteiger partial charge < -0.3 is 66.3 Å². The van der Waals surface area contributed by atoms with Gasteiger partial charge in [0.25, 0.3) is 17.5 Å². The van der Waals surface area contributed by atoms with Gasteiger partial charge in [0.15, 0.2) is 0 Å². The topological polar surface area (TPSA) is 393 Å². The van der Waals surface area contributed by atoms with E-state index in [1.807, 2.05) is 48.5 Å². The van der Waals surface area contributed by atoms with Crippen molar-refractivity contribution in [1.82, 2.24) is 4.98 Å². The maximum Gasteiger partial charge on any atom is 0.338 e. The van der Waals surface area contributed by atoms with Gasteiger partial charge in [0, 0.05) is 48.3 Å². The van der Waals surface area contributed by atoms with Crippen LogP contribution in [0.25, 0.3) is 10.2 Å². The Morgan fingerprint density at radius 2 is 0.693 bits per heavy atom. The number of amides is 2. The zero-order valence-corrected chi connectivity index (χ0v) is 73.4. The molecule has 2 saturated carbocycles. The zero-order chi connectivity index (χ0) is 92.4. The lowest BCUT2D eigenvalue weighted by Gasteiger charge is -2.26. The molecule has 10 rings (SSSR count). The molecule has 2 aliphatic carbocycles. The van der Waals surface area contributed by atoms with Crippen molar-refractivity contribution < 1.29 is 129 Å². The van der Waals surface area contributed by atoms with Crippen LogP contribution >= 0.6 is 11.3 Å². The Morgan fingerprint density at radius 3 is 1.01 bits per heavy atom. The second kappa shape index (κ2) is 56.5. The average Bonchev–Trinajstić information content (AvgIpc) is 1.58. The first-order valence-electron chi connectivity index (χ1n) is 41.7. The van der Waals surface area contributed by atoms with Crippen LogP contribution in [-0.4, -0.2) is 162 Å². The summed E-state index contributed by atoms with van der Waals surface area (Å²) in [6, 6.07) is 35.0. The minimum atomic E-state index is -0.860. The van der Waals surface area contributed by atoms with Gasteiger partial charge in [0.05, 0.1) is 131 Å². The van der Waals surface area contributed by atoms with Gasteiger partial charge in [-0.1, -0.05) is 37.7 Å². The van der Waals surface area contributed by atoms with E-state index in [-0.39, 0.29) is 87.3 Å². The number of nitro benzene ring substituents is 1. The summed E-state index contributed by atoms with van der Waals surface area (Å²) in [6.07, 6.45) is 18.7. The van der Waals surface area contributed by atoms with Crippen molar-refractivity contribution in [1.29, 1.82) is 0 Å². The fraction of sp³-hybridized carbons (Fsp3) is 0.400. The smallest absolute Gasteiger partial charge is 0.338 e. The number of imide groups is 1. The lowest BCUT2D eigenvalue weighted by molar-refractivity contribution is -0.384. The number of hydrogen-bond acceptors (Lipinski definition) is 30. The lowest BCUT2D eigenvalue weighted by atomic mass is 9.80. The van der Waals surface area contributed by atoms with Crippen LogP contribution in [0.1, 0.15) is 184 Å². The van der Waals surface area contributed by atoms with Gasteiger partial charge in [-0.2, -0.15) is 0 Å². The minimum absolute atomic E-state index is 0.0636. The Kier molecular flexibility index (Phi) is 45.5. The number of rotatable bonds is 44. The Hall–Kier alpha value is -13.4. The summed E-state index contributed by atoms with van der Waals surface area (Å²) in [6.45, 7) is 19.8. The van der Waals surface area contributed by atoms with Crippen LogP contribution in [0.4, 0.5) is 10.8 Å². The number of nitrogens with zero attached hydrogens (tertiary/aromatic N) is 3. The van der Waals surface area contributed by atoms with Crippen molar-refractivity contribution in [3.63, 3.8) is 0 Å². The van der Waals surface area contributed by atoms with Crippen molar-refractivity contribution in [2.45, 2.75) is 142 Å². The van der Waals surface area contributed by atoms with Crippen molar-refractivity contribution in [2.75, 3.05) is 86.2 Å². The standard InChI is InChI=1S/C33H31N3O10S.C17H22O5.C16H22O4.C15H18O5.C14H18O4/c1-16(37)18-3-7-20(8-4-18)31(41)45-24-13-14-25(46-32(42)21-9-5-19(6-10-21)17(2)38)28-27(24)29(39)35(30(28)40)33-34-23-12-11-22(36(43)44)15-26(23)47-33;1-3-16(18)21-12-6-4-5-7-13-22-17(19)14-8-10-15(20-2)11-9-14;1-3-16(17)20-13-7-5-4-6-12-19-15-10-8-14(18-2)9-11-15;1-3-14(16)19-10-4-5-11-20-15(17)12-6-8-13(18-2)9-7-12;1-3-14(15)18-11-5-4-10-17-13-8-6-12(16-2)7-9-13/h11-15,18-21H,3-10H2,1-2H3;3,8-11H,1,4-7,12-13H2,2H3;3,8-11H,1,4-7,12-13H2,2H3;3,6-9H,1,4-5,10-11H2,2H3;3,6-9H,1,4-5,10-11H2,2H3. The number of ketones is 2. The first-order chi connectivity index (χ1) is 61.3. The third kappa shape index (κ3) is 35.6. The summed E-state index contributed by atoms with van der Waals surface area (Å²) < 4.78 is 72.8. The number of carbonyl (C=O) groups excluding carboxylic acids is 12. The summed E-state index contributed by atoms with van der Waals surface area (Å²) >= 11 is 0.892. The molecule has 0 spiro atoms. The number of carbonyl (C=O) groups is 12. The molecule has 1 aliphatic heterocycles. The highest BCUT2D eigenvalue weighted by Crippen LogP contribution is 2.44. The minimum Gasteiger partial charge on any atom is -0.497 e. The van der Waals surface area contributed by atoms with E-state index in [0.717, 1.165) is 122 Å². The SMILES string of the molecule is C=CC(=O)OCCCCCCOC(=O)c1ccc(OC)cc1.C=CC(=O)OCCCCCCOc1ccc(OC)cc1.C=CC(=O)OCCCCOC(=O)c1ccc(OC)cc1.C=CC(=O)OCCCCOc1ccc(OC)cc1.CC(=O)C1CCC(C(=O)Oc2ccc(OC(=O)C3CCC(C(C)=O)CC3)c3c2C(=O)N(c2nc4ccc([N+](=O)[O-])cc4s2)C3=O)CC1. The molecule has 0 radical (unpaired) electrons. The Labute approximate surface area is 742 Å². The molecule has 7 aromatic rings. The lowest BCUT2D eigenvalue weighted by Crippen LogP contribution is -2.30. The van der Waals surface area contributed by atoms with Gasteiger partial charge in [-0.15, -0.1) is 0 Å². The molecule has 2 amide bonds. The van der Waals surface area contributed by atoms with Gasteiger partial charge in [0.2, 0.25) is 5.13 Å². The molecule has 0 saturated heterocycles. The Morgan fingerprint density at radius 1 is 0.402 bits per heavy atom. The number of anilines is 1. The molecule has 127 heavy (non-hydrogen) atoms. The van der Waals surface area contributed by atoms with E-state index < -0.39 is 52.5 Å². The summed E-state index contributed by atoms with van der Waals surface area (Å²) in [4.78, 5) is 160. The number of unbranched alkanes of at least 4 members (excludes halogenated alkanes) is 8. The molecule has 0 bridgehead atoms. The van der Waals surface area contributed by atoms with Crippen LogP contribution in [0.15, 0.2) is 178 Å². The highest BCUT2D eigenvalue weighted by Gasteiger charge is 2.45. The van der Waals surface area contributed by atoms with Crippen LogP contribution in [0.2, 0.25) is 0 Å². The molecule has 0 N–H and O–H groups in total. The van der Waals surface area contributed by atoms with E-state index in [1.165, 1.54) is 50.3 Å². The zero-order valence-electron chi connectivity index (χ0n) is 72.6. The first kappa shape index (κ1) is 102. The monoisotopic (exact) mass is 1770 g/mol. The van der Waals surface area contributed by atoms with Gasteiger partial charge in [-0.25, -0.2) is 38.7 Å². The normalized spacial score (nSPS) is 14.5. The number of non-ortho nitro benzene ring substituents is 1. The molecule has 2 fully saturated rings. The Bertz CT molecular complexity index is 4730. The fourth-order valence-corrected chi connectivity index (χ4v) is 13.7. The summed E-state index contributed by atoms with van der Waals surface area (Å²) in [5.74, 6) is -2.01. The number of methoxy groups -OCH3 is 4. The molecular weight excluding hydrogens is 1660 g/mol. The summed E-state index contributed by atoms with van der Waals surface area (Å²) in [7, 11) is 6.40. The third-order valence-electron chi connectivity index (χ3n) is 20.0. The number of ether oxygens (including phenoxy) is 14. The largest absolute Gasteiger partial charge is 0.497 e. The molecular formula is C95H111N3O28S. The summed E-state index contributed by atoms with van der Waals surface area (Å²) in [5, 5.41) is 11.2. The number of fused-ring (bicyclic) bond motifs is 2. The maximum absolute atomic E-state index is 14.0. The van der Waals surface area contributed by atoms with E-state index in [0.29, 0.717) is 143 Å². The predicted molar refractivity (Wildman–Crippen MR) is 471 cm³/mol. The molecule has 0 unspecified atom stereocenters. The number of esters is 8. The molecule has 6 aromatic carbocycles. The number of nitro groups is 1. The van der Waals surface area contributed by atoms with Crippen LogP contribution in [0, 0.1) is 33.8 Å². The second-order valence-electron chi connectivity index (χ2n) is 28.8. The van der Waals surface area contributed by atoms with Crippen LogP contribution in [0.5, 0.6) is 46.0 Å². The molecule has 1 aromatic heterocycles.